The summed E-state index contributed by atoms with van der Waals surface area (Å²) in [7, 11) is 0. The van der Waals surface area contributed by atoms with Crippen LogP contribution in [0.5, 0.6) is 0 Å². The van der Waals surface area contributed by atoms with E-state index in [2.05, 4.69) is 57.0 Å². The standard InChI is InChI=1S/C22H22N4OS/c1-17(11-12-18-7-3-2-4-8-18)28-22-25-24-21(19-9-5-13-23-15-19)26(22)16-20-10-6-14-27-20/h2-10,13-15,17H,11-12,16H2,1H3. The molecule has 3 aromatic heterocycles. The van der Waals surface area contributed by atoms with E-state index in [4.69, 9.17) is 4.42 Å². The quantitative estimate of drug-likeness (QED) is 0.392. The number of hydrogen-bond acceptors (Lipinski definition) is 5. The number of aromatic nitrogens is 4. The SMILES string of the molecule is CC(CCc1ccccc1)Sc1nnc(-c2cccnc2)n1Cc1ccco1. The maximum Gasteiger partial charge on any atom is 0.192 e. The molecule has 1 atom stereocenters. The fraction of sp³-hybridized carbons (Fsp3) is 0.227. The molecule has 5 nitrogen and oxygen atoms in total. The van der Waals surface area contributed by atoms with Gasteiger partial charge in [0.2, 0.25) is 0 Å². The summed E-state index contributed by atoms with van der Waals surface area (Å²) in [5.41, 5.74) is 2.31. The molecule has 142 valence electrons. The Hall–Kier alpha value is -2.86. The van der Waals surface area contributed by atoms with Crippen molar-refractivity contribution in [3.8, 4) is 11.4 Å². The number of pyridine rings is 1. The summed E-state index contributed by atoms with van der Waals surface area (Å²) >= 11 is 1.75. The Morgan fingerprint density at radius 3 is 2.68 bits per heavy atom. The lowest BCUT2D eigenvalue weighted by molar-refractivity contribution is 0.485. The first-order valence-corrected chi connectivity index (χ1v) is 10.2. The lowest BCUT2D eigenvalue weighted by atomic mass is 10.1. The first kappa shape index (κ1) is 18.5. The maximum atomic E-state index is 5.56. The molecule has 0 spiro atoms. The Balaban J connectivity index is 1.53. The molecule has 4 aromatic rings. The highest BCUT2D eigenvalue weighted by Gasteiger charge is 2.18. The molecule has 0 aliphatic heterocycles. The van der Waals surface area contributed by atoms with E-state index in [9.17, 15) is 0 Å². The summed E-state index contributed by atoms with van der Waals surface area (Å²) in [5, 5.41) is 10.2. The van der Waals surface area contributed by atoms with Gasteiger partial charge in [-0.05, 0) is 42.7 Å². The summed E-state index contributed by atoms with van der Waals surface area (Å²) in [4.78, 5) is 4.22. The summed E-state index contributed by atoms with van der Waals surface area (Å²) in [6.45, 7) is 2.83. The van der Waals surface area contributed by atoms with Crippen molar-refractivity contribution in [3.63, 3.8) is 0 Å². The lowest BCUT2D eigenvalue weighted by Crippen LogP contribution is -2.06. The molecule has 0 radical (unpaired) electrons. The molecule has 0 N–H and O–H groups in total. The van der Waals surface area contributed by atoms with Crippen LogP contribution in [0, 0.1) is 0 Å². The van der Waals surface area contributed by atoms with Gasteiger partial charge < -0.3 is 4.42 Å². The minimum Gasteiger partial charge on any atom is -0.467 e. The first-order chi connectivity index (χ1) is 13.8. The van der Waals surface area contributed by atoms with Gasteiger partial charge >= 0.3 is 0 Å². The predicted octanol–water partition coefficient (Wildman–Crippen LogP) is 5.09. The lowest BCUT2D eigenvalue weighted by Gasteiger charge is -2.13. The molecule has 0 saturated heterocycles. The largest absolute Gasteiger partial charge is 0.467 e. The normalized spacial score (nSPS) is 12.2. The second kappa shape index (κ2) is 8.89. The van der Waals surface area contributed by atoms with Crippen LogP contribution in [0.3, 0.4) is 0 Å². The average molecular weight is 391 g/mol. The van der Waals surface area contributed by atoms with Gasteiger partial charge in [0.05, 0.1) is 12.8 Å². The fourth-order valence-corrected chi connectivity index (χ4v) is 4.00. The second-order valence-electron chi connectivity index (χ2n) is 6.67. The molecule has 4 rings (SSSR count). The number of thioether (sulfide) groups is 1. The Labute approximate surface area is 168 Å². The number of aryl methyl sites for hydroxylation is 1. The van der Waals surface area contributed by atoms with Crippen LogP contribution in [0.4, 0.5) is 0 Å². The highest BCUT2D eigenvalue weighted by atomic mass is 32.2. The third-order valence-corrected chi connectivity index (χ3v) is 5.67. The molecule has 0 bridgehead atoms. The Morgan fingerprint density at radius 1 is 1.04 bits per heavy atom. The van der Waals surface area contributed by atoms with Gasteiger partial charge in [-0.15, -0.1) is 10.2 Å². The van der Waals surface area contributed by atoms with Crippen LogP contribution in [0.15, 0.2) is 82.8 Å². The van der Waals surface area contributed by atoms with Gasteiger partial charge in [-0.3, -0.25) is 9.55 Å². The molecular weight excluding hydrogens is 368 g/mol. The molecule has 1 aromatic carbocycles. The maximum absolute atomic E-state index is 5.56. The van der Waals surface area contributed by atoms with Crippen LogP contribution in [-0.4, -0.2) is 25.0 Å². The van der Waals surface area contributed by atoms with Gasteiger partial charge in [-0.2, -0.15) is 0 Å². The summed E-state index contributed by atoms with van der Waals surface area (Å²) in [6, 6.07) is 18.4. The topological polar surface area (TPSA) is 56.7 Å². The van der Waals surface area contributed by atoms with Crippen LogP contribution in [0.2, 0.25) is 0 Å². The van der Waals surface area contributed by atoms with Crippen LogP contribution in [-0.2, 0) is 13.0 Å². The number of nitrogens with zero attached hydrogens (tertiary/aromatic N) is 4. The highest BCUT2D eigenvalue weighted by Crippen LogP contribution is 2.29. The zero-order chi connectivity index (χ0) is 19.2. The molecule has 0 fully saturated rings. The van der Waals surface area contributed by atoms with Crippen LogP contribution >= 0.6 is 11.8 Å². The monoisotopic (exact) mass is 390 g/mol. The van der Waals surface area contributed by atoms with E-state index in [-0.39, 0.29) is 0 Å². The molecule has 6 heteroatoms. The Kier molecular flexibility index (Phi) is 5.87. The number of benzene rings is 1. The molecule has 28 heavy (non-hydrogen) atoms. The molecule has 0 saturated carbocycles. The van der Waals surface area contributed by atoms with Gasteiger partial charge in [0.15, 0.2) is 11.0 Å². The van der Waals surface area contributed by atoms with Crippen LogP contribution in [0.1, 0.15) is 24.7 Å². The highest BCUT2D eigenvalue weighted by molar-refractivity contribution is 7.99. The van der Waals surface area contributed by atoms with Crippen LogP contribution < -0.4 is 0 Å². The zero-order valence-electron chi connectivity index (χ0n) is 15.7. The van der Waals surface area contributed by atoms with E-state index in [1.807, 2.05) is 30.5 Å². The average Bonchev–Trinajstić information content (AvgIpc) is 3.39. The summed E-state index contributed by atoms with van der Waals surface area (Å²) in [6.07, 6.45) is 7.40. The van der Waals surface area contributed by atoms with Gasteiger partial charge in [-0.25, -0.2) is 0 Å². The van der Waals surface area contributed by atoms with Crippen molar-refractivity contribution in [3.05, 3.63) is 84.6 Å². The molecule has 0 amide bonds. The van der Waals surface area contributed by atoms with Crippen molar-refractivity contribution >= 4 is 11.8 Å². The number of rotatable bonds is 8. The Bertz CT molecular complexity index is 984. The van der Waals surface area contributed by atoms with E-state index in [1.54, 1.807) is 24.2 Å². The minimum absolute atomic E-state index is 0.418. The minimum atomic E-state index is 0.418. The number of hydrogen-bond donors (Lipinski definition) is 0. The van der Waals surface area contributed by atoms with Gasteiger partial charge in [-0.1, -0.05) is 49.0 Å². The molecule has 3 heterocycles. The summed E-state index contributed by atoms with van der Waals surface area (Å²) in [5.74, 6) is 1.69. The predicted molar refractivity (Wildman–Crippen MR) is 111 cm³/mol. The van der Waals surface area contributed by atoms with Crippen LogP contribution in [0.25, 0.3) is 11.4 Å². The van der Waals surface area contributed by atoms with Gasteiger partial charge in [0.1, 0.15) is 5.76 Å². The van der Waals surface area contributed by atoms with Crippen molar-refractivity contribution in [2.75, 3.05) is 0 Å². The molecular formula is C22H22N4OS. The van der Waals surface area contributed by atoms with Gasteiger partial charge in [0.25, 0.3) is 0 Å². The van der Waals surface area contributed by atoms with E-state index >= 15 is 0 Å². The van der Waals surface area contributed by atoms with Crippen molar-refractivity contribution in [1.29, 1.82) is 0 Å². The Morgan fingerprint density at radius 2 is 1.93 bits per heavy atom. The van der Waals surface area contributed by atoms with E-state index in [0.29, 0.717) is 11.8 Å². The first-order valence-electron chi connectivity index (χ1n) is 9.36. The van der Waals surface area contributed by atoms with Crippen molar-refractivity contribution in [1.82, 2.24) is 19.7 Å². The molecule has 0 aliphatic carbocycles. The number of furan rings is 1. The molecule has 0 aliphatic rings. The third kappa shape index (κ3) is 4.51. The third-order valence-electron chi connectivity index (χ3n) is 4.52. The van der Waals surface area contributed by atoms with E-state index in [1.165, 1.54) is 5.56 Å². The van der Waals surface area contributed by atoms with E-state index < -0.39 is 0 Å². The fourth-order valence-electron chi connectivity index (χ4n) is 3.04. The van der Waals surface area contributed by atoms with Crippen molar-refractivity contribution in [2.45, 2.75) is 36.7 Å². The smallest absolute Gasteiger partial charge is 0.192 e. The summed E-state index contributed by atoms with van der Waals surface area (Å²) < 4.78 is 7.67. The zero-order valence-corrected chi connectivity index (χ0v) is 16.5. The van der Waals surface area contributed by atoms with Crippen molar-refractivity contribution in [2.24, 2.45) is 0 Å². The second-order valence-corrected chi connectivity index (χ2v) is 8.07. The van der Waals surface area contributed by atoms with Gasteiger partial charge in [0, 0.05) is 23.2 Å². The van der Waals surface area contributed by atoms with Crippen molar-refractivity contribution < 1.29 is 4.42 Å². The molecule has 1 unspecified atom stereocenters. The van der Waals surface area contributed by atoms with E-state index in [0.717, 1.165) is 35.1 Å².